The van der Waals surface area contributed by atoms with Crippen LogP contribution in [-0.2, 0) is 0 Å². The minimum absolute atomic E-state index is 0.739. The molecule has 0 saturated carbocycles. The van der Waals surface area contributed by atoms with Crippen LogP contribution in [0.3, 0.4) is 0 Å². The molecule has 0 aromatic carbocycles. The highest BCUT2D eigenvalue weighted by Gasteiger charge is 2.22. The molecule has 112 valence electrons. The lowest BCUT2D eigenvalue weighted by Gasteiger charge is -2.36. The summed E-state index contributed by atoms with van der Waals surface area (Å²) in [5, 5.41) is 3.72. The van der Waals surface area contributed by atoms with E-state index in [-0.39, 0.29) is 0 Å². The monoisotopic (exact) mass is 267 g/mol. The summed E-state index contributed by atoms with van der Waals surface area (Å²) in [4.78, 5) is 5.23. The third-order valence-electron chi connectivity index (χ3n) is 4.97. The molecule has 2 atom stereocenters. The van der Waals surface area contributed by atoms with Gasteiger partial charge in [-0.05, 0) is 70.7 Å². The Bertz CT molecular complexity index is 248. The Labute approximate surface area is 119 Å². The van der Waals surface area contributed by atoms with Gasteiger partial charge in [0.25, 0.3) is 0 Å². The maximum Gasteiger partial charge on any atom is 0.00767 e. The van der Waals surface area contributed by atoms with Crippen molar-refractivity contribution in [3.05, 3.63) is 0 Å². The predicted octanol–water partition coefficient (Wildman–Crippen LogP) is 2.04. The molecule has 3 nitrogen and oxygen atoms in total. The zero-order valence-corrected chi connectivity index (χ0v) is 13.2. The molecule has 0 aromatic rings. The first-order valence-electron chi connectivity index (χ1n) is 8.31. The van der Waals surface area contributed by atoms with Gasteiger partial charge in [0.1, 0.15) is 0 Å². The molecular weight excluding hydrogens is 234 g/mol. The Balaban J connectivity index is 1.80. The third kappa shape index (κ3) is 5.05. The molecule has 0 aromatic heterocycles. The highest BCUT2D eigenvalue weighted by atomic mass is 15.1. The molecule has 3 heteroatoms. The van der Waals surface area contributed by atoms with Crippen LogP contribution in [0, 0.1) is 11.8 Å². The molecule has 0 aliphatic carbocycles. The van der Waals surface area contributed by atoms with Gasteiger partial charge in [-0.2, -0.15) is 0 Å². The summed E-state index contributed by atoms with van der Waals surface area (Å²) in [7, 11) is 2.26. The molecule has 2 unspecified atom stereocenters. The standard InChI is InChI=1S/C16H33N3/c1-4-16-7-10-19(12-14(2)11-17-16)13-15-5-8-18(3)9-6-15/h14-17H,4-13H2,1-3H3. The van der Waals surface area contributed by atoms with Crippen LogP contribution in [0.4, 0.5) is 0 Å². The Morgan fingerprint density at radius 1 is 1.11 bits per heavy atom. The second-order valence-electron chi connectivity index (χ2n) is 6.91. The fourth-order valence-electron chi connectivity index (χ4n) is 3.53. The molecule has 1 N–H and O–H groups in total. The maximum absolute atomic E-state index is 3.72. The highest BCUT2D eigenvalue weighted by Crippen LogP contribution is 2.19. The maximum atomic E-state index is 3.72. The van der Waals surface area contributed by atoms with Crippen molar-refractivity contribution in [1.29, 1.82) is 0 Å². The van der Waals surface area contributed by atoms with E-state index in [2.05, 4.69) is 36.0 Å². The Morgan fingerprint density at radius 3 is 2.53 bits per heavy atom. The molecular formula is C16H33N3. The second kappa shape index (κ2) is 7.61. The van der Waals surface area contributed by atoms with Crippen LogP contribution >= 0.6 is 0 Å². The van der Waals surface area contributed by atoms with Crippen LogP contribution in [0.2, 0.25) is 0 Å². The summed E-state index contributed by atoms with van der Waals surface area (Å²) >= 11 is 0. The van der Waals surface area contributed by atoms with Crippen molar-refractivity contribution >= 4 is 0 Å². The van der Waals surface area contributed by atoms with Gasteiger partial charge in [0.05, 0.1) is 0 Å². The van der Waals surface area contributed by atoms with E-state index in [1.165, 1.54) is 65.0 Å². The van der Waals surface area contributed by atoms with E-state index in [0.717, 1.165) is 17.9 Å². The number of hydrogen-bond acceptors (Lipinski definition) is 3. The molecule has 2 heterocycles. The van der Waals surface area contributed by atoms with E-state index < -0.39 is 0 Å². The van der Waals surface area contributed by atoms with Crippen LogP contribution < -0.4 is 5.32 Å². The number of likely N-dealkylation sites (tertiary alicyclic amines) is 1. The van der Waals surface area contributed by atoms with Crippen molar-refractivity contribution in [2.45, 2.75) is 45.6 Å². The summed E-state index contributed by atoms with van der Waals surface area (Å²) in [5.74, 6) is 1.73. The molecule has 2 aliphatic rings. The summed E-state index contributed by atoms with van der Waals surface area (Å²) < 4.78 is 0. The van der Waals surface area contributed by atoms with Gasteiger partial charge in [0.15, 0.2) is 0 Å². The second-order valence-corrected chi connectivity index (χ2v) is 6.91. The zero-order chi connectivity index (χ0) is 13.7. The minimum Gasteiger partial charge on any atom is -0.314 e. The lowest BCUT2D eigenvalue weighted by molar-refractivity contribution is 0.134. The lowest BCUT2D eigenvalue weighted by atomic mass is 9.95. The predicted molar refractivity (Wildman–Crippen MR) is 82.5 cm³/mol. The van der Waals surface area contributed by atoms with Crippen molar-refractivity contribution < 1.29 is 0 Å². The van der Waals surface area contributed by atoms with Gasteiger partial charge < -0.3 is 15.1 Å². The first-order valence-corrected chi connectivity index (χ1v) is 8.31. The van der Waals surface area contributed by atoms with Gasteiger partial charge in [0.2, 0.25) is 0 Å². The largest absolute Gasteiger partial charge is 0.314 e. The van der Waals surface area contributed by atoms with Gasteiger partial charge in [-0.1, -0.05) is 13.8 Å². The zero-order valence-electron chi connectivity index (χ0n) is 13.2. The van der Waals surface area contributed by atoms with Crippen LogP contribution in [0.1, 0.15) is 39.5 Å². The van der Waals surface area contributed by atoms with E-state index in [0.29, 0.717) is 0 Å². The fraction of sp³-hybridized carbons (Fsp3) is 1.00. The Kier molecular flexibility index (Phi) is 6.11. The van der Waals surface area contributed by atoms with Crippen LogP contribution in [0.15, 0.2) is 0 Å². The van der Waals surface area contributed by atoms with Gasteiger partial charge >= 0.3 is 0 Å². The number of nitrogens with zero attached hydrogens (tertiary/aromatic N) is 2. The smallest absolute Gasteiger partial charge is 0.00767 e. The fourth-order valence-corrected chi connectivity index (χ4v) is 3.53. The number of piperidine rings is 1. The molecule has 0 radical (unpaired) electrons. The number of hydrogen-bond donors (Lipinski definition) is 1. The number of rotatable bonds is 3. The Morgan fingerprint density at radius 2 is 1.84 bits per heavy atom. The third-order valence-corrected chi connectivity index (χ3v) is 4.97. The molecule has 19 heavy (non-hydrogen) atoms. The summed E-state index contributed by atoms with van der Waals surface area (Å²) in [6.07, 6.45) is 5.40. The lowest BCUT2D eigenvalue weighted by Crippen LogP contribution is -2.45. The van der Waals surface area contributed by atoms with Crippen LogP contribution in [-0.4, -0.2) is 62.2 Å². The first kappa shape index (κ1) is 15.3. The topological polar surface area (TPSA) is 18.5 Å². The van der Waals surface area contributed by atoms with Crippen LogP contribution in [0.25, 0.3) is 0 Å². The van der Waals surface area contributed by atoms with Crippen molar-refractivity contribution in [2.24, 2.45) is 11.8 Å². The van der Waals surface area contributed by atoms with E-state index in [4.69, 9.17) is 0 Å². The van der Waals surface area contributed by atoms with E-state index in [1.54, 1.807) is 0 Å². The molecule has 2 fully saturated rings. The van der Waals surface area contributed by atoms with E-state index >= 15 is 0 Å². The van der Waals surface area contributed by atoms with Crippen molar-refractivity contribution in [2.75, 3.05) is 46.3 Å². The SMILES string of the molecule is CCC1CCN(CC2CCN(C)CC2)CC(C)CN1. The minimum atomic E-state index is 0.739. The molecule has 0 spiro atoms. The molecule has 2 rings (SSSR count). The highest BCUT2D eigenvalue weighted by molar-refractivity contribution is 4.79. The average molecular weight is 267 g/mol. The normalized spacial score (nSPS) is 33.0. The van der Waals surface area contributed by atoms with Crippen molar-refractivity contribution in [1.82, 2.24) is 15.1 Å². The van der Waals surface area contributed by atoms with Crippen molar-refractivity contribution in [3.63, 3.8) is 0 Å². The van der Waals surface area contributed by atoms with E-state index in [9.17, 15) is 0 Å². The van der Waals surface area contributed by atoms with Gasteiger partial charge in [-0.3, -0.25) is 0 Å². The van der Waals surface area contributed by atoms with Gasteiger partial charge in [-0.15, -0.1) is 0 Å². The van der Waals surface area contributed by atoms with Crippen LogP contribution in [0.5, 0.6) is 0 Å². The van der Waals surface area contributed by atoms with Gasteiger partial charge in [0, 0.05) is 19.1 Å². The molecule has 0 bridgehead atoms. The summed E-state index contributed by atoms with van der Waals surface area (Å²) in [6, 6.07) is 0.739. The molecule has 0 amide bonds. The Hall–Kier alpha value is -0.120. The average Bonchev–Trinajstić information content (AvgIpc) is 2.39. The summed E-state index contributed by atoms with van der Waals surface area (Å²) in [6.45, 7) is 12.4. The first-order chi connectivity index (χ1) is 9.17. The number of nitrogens with one attached hydrogen (secondary N) is 1. The van der Waals surface area contributed by atoms with Crippen molar-refractivity contribution in [3.8, 4) is 0 Å². The van der Waals surface area contributed by atoms with Gasteiger partial charge in [-0.25, -0.2) is 0 Å². The van der Waals surface area contributed by atoms with E-state index in [1.807, 2.05) is 0 Å². The summed E-state index contributed by atoms with van der Waals surface area (Å²) in [5.41, 5.74) is 0. The molecule has 2 saturated heterocycles. The quantitative estimate of drug-likeness (QED) is 0.844. The molecule has 2 aliphatic heterocycles.